The predicted molar refractivity (Wildman–Crippen MR) is 116 cm³/mol. The van der Waals surface area contributed by atoms with Crippen molar-refractivity contribution in [1.29, 1.82) is 0 Å². The molecule has 0 spiro atoms. The van der Waals surface area contributed by atoms with Gasteiger partial charge >= 0.3 is 0 Å². The summed E-state index contributed by atoms with van der Waals surface area (Å²) in [6.07, 6.45) is 4.32. The molecular weight excluding hydrogens is 379 g/mol. The molecule has 4 nitrogen and oxygen atoms in total. The highest BCUT2D eigenvalue weighted by atomic mass is 19.1. The molecule has 0 aromatic heterocycles. The Morgan fingerprint density at radius 3 is 2.53 bits per heavy atom. The SMILES string of the molecule is Cc1cc(F)cc2c1N(C(=O)C1CCN(C(=O)CCc3ccccc3)CC1)CCC2. The summed E-state index contributed by atoms with van der Waals surface area (Å²) in [7, 11) is 0. The van der Waals surface area contributed by atoms with Crippen LogP contribution >= 0.6 is 0 Å². The molecule has 4 rings (SSSR count). The van der Waals surface area contributed by atoms with Gasteiger partial charge in [-0.1, -0.05) is 30.3 Å². The van der Waals surface area contributed by atoms with Gasteiger partial charge in [-0.3, -0.25) is 9.59 Å². The van der Waals surface area contributed by atoms with Crippen LogP contribution in [-0.4, -0.2) is 36.3 Å². The van der Waals surface area contributed by atoms with E-state index in [1.165, 1.54) is 11.6 Å². The number of piperidine rings is 1. The number of hydrogen-bond donors (Lipinski definition) is 0. The molecule has 2 heterocycles. The van der Waals surface area contributed by atoms with Crippen LogP contribution in [0.5, 0.6) is 0 Å². The van der Waals surface area contributed by atoms with Crippen LogP contribution in [-0.2, 0) is 22.4 Å². The molecule has 0 saturated carbocycles. The minimum atomic E-state index is -0.233. The second kappa shape index (κ2) is 8.99. The lowest BCUT2D eigenvalue weighted by atomic mass is 9.91. The van der Waals surface area contributed by atoms with Crippen molar-refractivity contribution >= 4 is 17.5 Å². The number of fused-ring (bicyclic) bond motifs is 1. The maximum absolute atomic E-state index is 13.8. The lowest BCUT2D eigenvalue weighted by Gasteiger charge is -2.37. The molecule has 1 fully saturated rings. The zero-order valence-corrected chi connectivity index (χ0v) is 17.6. The van der Waals surface area contributed by atoms with Crippen LogP contribution in [0.4, 0.5) is 10.1 Å². The molecule has 30 heavy (non-hydrogen) atoms. The van der Waals surface area contributed by atoms with E-state index in [-0.39, 0.29) is 23.5 Å². The first-order chi connectivity index (χ1) is 14.5. The Bertz CT molecular complexity index is 920. The smallest absolute Gasteiger partial charge is 0.230 e. The zero-order valence-electron chi connectivity index (χ0n) is 17.6. The molecule has 2 aliphatic heterocycles. The van der Waals surface area contributed by atoms with Crippen LogP contribution in [0.3, 0.4) is 0 Å². The fraction of sp³-hybridized carbons (Fsp3) is 0.440. The third kappa shape index (κ3) is 4.40. The predicted octanol–water partition coefficient (Wildman–Crippen LogP) is 4.28. The summed E-state index contributed by atoms with van der Waals surface area (Å²) in [5.41, 5.74) is 3.83. The van der Waals surface area contributed by atoms with Gasteiger partial charge in [-0.05, 0) is 67.9 Å². The van der Waals surface area contributed by atoms with Crippen LogP contribution in [0.1, 0.15) is 42.4 Å². The molecule has 0 bridgehead atoms. The van der Waals surface area contributed by atoms with E-state index < -0.39 is 0 Å². The molecule has 0 unspecified atom stereocenters. The molecule has 2 aromatic carbocycles. The van der Waals surface area contributed by atoms with Gasteiger partial charge in [0.05, 0.1) is 0 Å². The molecule has 0 aliphatic carbocycles. The van der Waals surface area contributed by atoms with Gasteiger partial charge in [0.15, 0.2) is 0 Å². The van der Waals surface area contributed by atoms with Gasteiger partial charge in [-0.2, -0.15) is 0 Å². The highest BCUT2D eigenvalue weighted by Crippen LogP contribution is 2.34. The number of nitrogens with zero attached hydrogens (tertiary/aromatic N) is 2. The number of carbonyl (C=O) groups is 2. The summed E-state index contributed by atoms with van der Waals surface area (Å²) in [5, 5.41) is 0. The molecule has 158 valence electrons. The Labute approximate surface area is 177 Å². The minimum Gasteiger partial charge on any atom is -0.343 e. The van der Waals surface area contributed by atoms with Crippen molar-refractivity contribution in [1.82, 2.24) is 4.90 Å². The summed E-state index contributed by atoms with van der Waals surface area (Å²) in [5.74, 6) is -0.0112. The fourth-order valence-corrected chi connectivity index (χ4v) is 4.79. The molecule has 2 aromatic rings. The minimum absolute atomic E-state index is 0.0708. The van der Waals surface area contributed by atoms with Gasteiger partial charge in [-0.25, -0.2) is 4.39 Å². The third-order valence-electron chi connectivity index (χ3n) is 6.38. The van der Waals surface area contributed by atoms with Crippen molar-refractivity contribution in [2.24, 2.45) is 5.92 Å². The normalized spacial score (nSPS) is 17.0. The van der Waals surface area contributed by atoms with E-state index in [9.17, 15) is 14.0 Å². The summed E-state index contributed by atoms with van der Waals surface area (Å²) >= 11 is 0. The average Bonchev–Trinajstić information content (AvgIpc) is 2.77. The number of aryl methyl sites for hydroxylation is 3. The van der Waals surface area contributed by atoms with E-state index in [1.807, 2.05) is 47.1 Å². The molecule has 0 atom stereocenters. The maximum Gasteiger partial charge on any atom is 0.230 e. The van der Waals surface area contributed by atoms with E-state index in [0.29, 0.717) is 38.9 Å². The first kappa shape index (κ1) is 20.6. The first-order valence-electron chi connectivity index (χ1n) is 10.9. The van der Waals surface area contributed by atoms with Crippen molar-refractivity contribution in [3.8, 4) is 0 Å². The number of halogens is 1. The Hall–Kier alpha value is -2.69. The molecule has 2 aliphatic rings. The second-order valence-electron chi connectivity index (χ2n) is 8.46. The highest BCUT2D eigenvalue weighted by molar-refractivity contribution is 5.97. The van der Waals surface area contributed by atoms with E-state index in [2.05, 4.69) is 0 Å². The number of anilines is 1. The number of hydrogen-bond acceptors (Lipinski definition) is 2. The molecule has 1 saturated heterocycles. The Morgan fingerprint density at radius 1 is 1.07 bits per heavy atom. The lowest BCUT2D eigenvalue weighted by Crippen LogP contribution is -2.46. The molecular formula is C25H29FN2O2. The van der Waals surface area contributed by atoms with E-state index in [1.54, 1.807) is 6.07 Å². The van der Waals surface area contributed by atoms with E-state index in [0.717, 1.165) is 36.1 Å². The van der Waals surface area contributed by atoms with Gasteiger partial charge in [0.1, 0.15) is 5.82 Å². The van der Waals surface area contributed by atoms with Crippen molar-refractivity contribution in [3.63, 3.8) is 0 Å². The quantitative estimate of drug-likeness (QED) is 0.757. The number of benzene rings is 2. The summed E-state index contributed by atoms with van der Waals surface area (Å²) < 4.78 is 13.8. The lowest BCUT2D eigenvalue weighted by molar-refractivity contribution is -0.134. The first-order valence-corrected chi connectivity index (χ1v) is 10.9. The van der Waals surface area contributed by atoms with Crippen LogP contribution < -0.4 is 4.90 Å². The Kier molecular flexibility index (Phi) is 6.16. The van der Waals surface area contributed by atoms with Gasteiger partial charge in [0, 0.05) is 37.7 Å². The van der Waals surface area contributed by atoms with Crippen molar-refractivity contribution in [2.45, 2.75) is 45.4 Å². The topological polar surface area (TPSA) is 40.6 Å². The average molecular weight is 409 g/mol. The Balaban J connectivity index is 1.35. The van der Waals surface area contributed by atoms with Crippen molar-refractivity contribution in [3.05, 3.63) is 65.0 Å². The summed E-state index contributed by atoms with van der Waals surface area (Å²) in [4.78, 5) is 29.6. The standard InChI is InChI=1S/C25H29FN2O2/c1-18-16-22(26)17-21-8-5-13-28(24(18)21)25(30)20-11-14-27(15-12-20)23(29)10-9-19-6-3-2-4-7-19/h2-4,6-7,16-17,20H,5,8-15H2,1H3. The maximum atomic E-state index is 13.8. The van der Waals surface area contributed by atoms with Crippen LogP contribution in [0.15, 0.2) is 42.5 Å². The molecule has 2 amide bonds. The summed E-state index contributed by atoms with van der Waals surface area (Å²) in [6.45, 7) is 3.83. The van der Waals surface area contributed by atoms with Crippen LogP contribution in [0.25, 0.3) is 0 Å². The number of amides is 2. The largest absolute Gasteiger partial charge is 0.343 e. The number of carbonyl (C=O) groups excluding carboxylic acids is 2. The van der Waals surface area contributed by atoms with E-state index in [4.69, 9.17) is 0 Å². The molecule has 5 heteroatoms. The molecule has 0 radical (unpaired) electrons. The van der Waals surface area contributed by atoms with Crippen LogP contribution in [0.2, 0.25) is 0 Å². The van der Waals surface area contributed by atoms with Crippen molar-refractivity contribution < 1.29 is 14.0 Å². The van der Waals surface area contributed by atoms with Gasteiger partial charge in [-0.15, -0.1) is 0 Å². The fourth-order valence-electron chi connectivity index (χ4n) is 4.79. The highest BCUT2D eigenvalue weighted by Gasteiger charge is 2.33. The van der Waals surface area contributed by atoms with Crippen LogP contribution in [0, 0.1) is 18.7 Å². The third-order valence-corrected chi connectivity index (χ3v) is 6.38. The summed E-state index contributed by atoms with van der Waals surface area (Å²) in [6, 6.07) is 13.1. The van der Waals surface area contributed by atoms with Gasteiger partial charge in [0.2, 0.25) is 11.8 Å². The van der Waals surface area contributed by atoms with E-state index >= 15 is 0 Å². The zero-order chi connectivity index (χ0) is 21.1. The number of likely N-dealkylation sites (tertiary alicyclic amines) is 1. The van der Waals surface area contributed by atoms with Gasteiger partial charge in [0.25, 0.3) is 0 Å². The van der Waals surface area contributed by atoms with Gasteiger partial charge < -0.3 is 9.80 Å². The molecule has 0 N–H and O–H groups in total. The second-order valence-corrected chi connectivity index (χ2v) is 8.46. The Morgan fingerprint density at radius 2 is 1.80 bits per heavy atom. The van der Waals surface area contributed by atoms with Crippen molar-refractivity contribution in [2.75, 3.05) is 24.5 Å². The monoisotopic (exact) mass is 408 g/mol. The number of rotatable bonds is 4.